The number of benzene rings is 4. The standard InChI is InChI=1S/C30H28N4O5/c1-20(28(35)31-23-11-4-3-5-12-23)33(2)30(37)27(19-21-15-17-24(18-16-21)34(38)39)32-29(36)26-14-8-10-22-9-6-7-13-25(22)26/h3-18,20,27H,19H2,1-2H3,(H,31,35)(H,32,36)/t20-,27-/m0/s1. The molecule has 4 aromatic carbocycles. The second-order valence-corrected chi connectivity index (χ2v) is 9.16. The zero-order valence-electron chi connectivity index (χ0n) is 21.5. The van der Waals surface area contributed by atoms with E-state index in [1.54, 1.807) is 55.5 Å². The van der Waals surface area contributed by atoms with Gasteiger partial charge < -0.3 is 15.5 Å². The summed E-state index contributed by atoms with van der Waals surface area (Å²) in [5, 5.41) is 18.3. The van der Waals surface area contributed by atoms with Crippen LogP contribution in [0.2, 0.25) is 0 Å². The van der Waals surface area contributed by atoms with Gasteiger partial charge in [-0.2, -0.15) is 0 Å². The molecule has 9 heteroatoms. The SMILES string of the molecule is C[C@@H](C(=O)Nc1ccccc1)N(C)C(=O)[C@H](Cc1ccc([N+](=O)[O-])cc1)NC(=O)c1cccc2ccccc12. The lowest BCUT2D eigenvalue weighted by Crippen LogP contribution is -2.53. The molecular weight excluding hydrogens is 496 g/mol. The summed E-state index contributed by atoms with van der Waals surface area (Å²) in [7, 11) is 1.50. The van der Waals surface area contributed by atoms with Crippen LogP contribution in [-0.4, -0.2) is 46.7 Å². The van der Waals surface area contributed by atoms with Crippen LogP contribution in [0.25, 0.3) is 10.8 Å². The molecule has 0 unspecified atom stereocenters. The Labute approximate surface area is 225 Å². The lowest BCUT2D eigenvalue weighted by Gasteiger charge is -2.29. The summed E-state index contributed by atoms with van der Waals surface area (Å²) in [6.07, 6.45) is 0.0741. The van der Waals surface area contributed by atoms with Crippen molar-refractivity contribution in [3.63, 3.8) is 0 Å². The molecule has 0 aliphatic carbocycles. The van der Waals surface area contributed by atoms with Crippen molar-refractivity contribution in [2.75, 3.05) is 12.4 Å². The quantitative estimate of drug-likeness (QED) is 0.245. The Balaban J connectivity index is 1.58. The van der Waals surface area contributed by atoms with E-state index in [2.05, 4.69) is 10.6 Å². The fraction of sp³-hybridized carbons (Fsp3) is 0.167. The fourth-order valence-electron chi connectivity index (χ4n) is 4.23. The highest BCUT2D eigenvalue weighted by molar-refractivity contribution is 6.08. The van der Waals surface area contributed by atoms with Gasteiger partial charge in [-0.15, -0.1) is 0 Å². The number of anilines is 1. The minimum Gasteiger partial charge on any atom is -0.340 e. The highest BCUT2D eigenvalue weighted by Crippen LogP contribution is 2.20. The molecular formula is C30H28N4O5. The molecule has 2 atom stereocenters. The van der Waals surface area contributed by atoms with Crippen LogP contribution < -0.4 is 10.6 Å². The molecule has 3 amide bonds. The third-order valence-corrected chi connectivity index (χ3v) is 6.57. The number of nitro groups is 1. The van der Waals surface area contributed by atoms with Crippen LogP contribution in [0, 0.1) is 10.1 Å². The number of hydrogen-bond donors (Lipinski definition) is 2. The normalized spacial score (nSPS) is 12.3. The molecule has 0 fully saturated rings. The number of carbonyl (C=O) groups excluding carboxylic acids is 3. The molecule has 0 saturated carbocycles. The molecule has 4 aromatic rings. The van der Waals surface area contributed by atoms with E-state index < -0.39 is 28.8 Å². The van der Waals surface area contributed by atoms with Crippen LogP contribution in [-0.2, 0) is 16.0 Å². The predicted molar refractivity (Wildman–Crippen MR) is 149 cm³/mol. The van der Waals surface area contributed by atoms with Gasteiger partial charge in [0, 0.05) is 36.9 Å². The number of non-ortho nitro benzene ring substituents is 1. The van der Waals surface area contributed by atoms with E-state index in [1.807, 2.05) is 36.4 Å². The van der Waals surface area contributed by atoms with Crippen molar-refractivity contribution in [2.24, 2.45) is 0 Å². The minimum atomic E-state index is -1.03. The number of nitrogens with one attached hydrogen (secondary N) is 2. The number of likely N-dealkylation sites (N-methyl/N-ethyl adjacent to an activating group) is 1. The van der Waals surface area contributed by atoms with E-state index in [-0.39, 0.29) is 18.0 Å². The van der Waals surface area contributed by atoms with Crippen LogP contribution in [0.1, 0.15) is 22.8 Å². The molecule has 0 radical (unpaired) electrons. The first-order valence-corrected chi connectivity index (χ1v) is 12.4. The van der Waals surface area contributed by atoms with Gasteiger partial charge in [0.1, 0.15) is 12.1 Å². The van der Waals surface area contributed by atoms with Gasteiger partial charge in [0.2, 0.25) is 11.8 Å². The molecule has 0 aliphatic heterocycles. The number of hydrogen-bond acceptors (Lipinski definition) is 5. The molecule has 0 heterocycles. The zero-order chi connectivity index (χ0) is 27.9. The number of rotatable bonds is 9. The maximum Gasteiger partial charge on any atom is 0.269 e. The number of fused-ring (bicyclic) bond motifs is 1. The van der Waals surface area contributed by atoms with Crippen LogP contribution in [0.4, 0.5) is 11.4 Å². The van der Waals surface area contributed by atoms with Gasteiger partial charge in [0.25, 0.3) is 11.6 Å². The molecule has 198 valence electrons. The van der Waals surface area contributed by atoms with E-state index in [0.717, 1.165) is 10.8 Å². The Morgan fingerprint density at radius 2 is 1.51 bits per heavy atom. The molecule has 0 bridgehead atoms. The second kappa shape index (κ2) is 12.0. The lowest BCUT2D eigenvalue weighted by atomic mass is 10.0. The molecule has 0 aromatic heterocycles. The fourth-order valence-corrected chi connectivity index (χ4v) is 4.23. The van der Waals surface area contributed by atoms with Crippen molar-refractivity contribution in [3.05, 3.63) is 118 Å². The maximum atomic E-state index is 13.7. The molecule has 2 N–H and O–H groups in total. The Hall–Kier alpha value is -5.05. The average molecular weight is 525 g/mol. The highest BCUT2D eigenvalue weighted by atomic mass is 16.6. The molecule has 0 aliphatic rings. The van der Waals surface area contributed by atoms with Crippen molar-refractivity contribution in [3.8, 4) is 0 Å². The molecule has 9 nitrogen and oxygen atoms in total. The van der Waals surface area contributed by atoms with Gasteiger partial charge in [-0.1, -0.05) is 66.7 Å². The molecule has 39 heavy (non-hydrogen) atoms. The van der Waals surface area contributed by atoms with Gasteiger partial charge >= 0.3 is 0 Å². The van der Waals surface area contributed by atoms with Crippen molar-refractivity contribution < 1.29 is 19.3 Å². The smallest absolute Gasteiger partial charge is 0.269 e. The summed E-state index contributed by atoms with van der Waals surface area (Å²) in [5.74, 6) is -1.30. The van der Waals surface area contributed by atoms with Crippen LogP contribution in [0.3, 0.4) is 0 Å². The van der Waals surface area contributed by atoms with Crippen molar-refractivity contribution >= 4 is 39.9 Å². The monoisotopic (exact) mass is 524 g/mol. The van der Waals surface area contributed by atoms with Crippen molar-refractivity contribution in [1.82, 2.24) is 10.2 Å². The first-order valence-electron chi connectivity index (χ1n) is 12.4. The van der Waals surface area contributed by atoms with Crippen molar-refractivity contribution in [1.29, 1.82) is 0 Å². The van der Waals surface area contributed by atoms with Gasteiger partial charge in [-0.25, -0.2) is 0 Å². The number of para-hydroxylation sites is 1. The Morgan fingerprint density at radius 3 is 2.21 bits per heavy atom. The molecule has 4 rings (SSSR count). The lowest BCUT2D eigenvalue weighted by molar-refractivity contribution is -0.384. The second-order valence-electron chi connectivity index (χ2n) is 9.16. The maximum absolute atomic E-state index is 13.7. The number of amides is 3. The predicted octanol–water partition coefficient (Wildman–Crippen LogP) is 4.57. The largest absolute Gasteiger partial charge is 0.340 e. The molecule has 0 saturated heterocycles. The van der Waals surface area contributed by atoms with E-state index in [1.165, 1.54) is 24.1 Å². The summed E-state index contributed by atoms with van der Waals surface area (Å²) >= 11 is 0. The van der Waals surface area contributed by atoms with Gasteiger partial charge in [-0.05, 0) is 41.5 Å². The summed E-state index contributed by atoms with van der Waals surface area (Å²) in [6.45, 7) is 1.60. The Morgan fingerprint density at radius 1 is 0.872 bits per heavy atom. The first-order chi connectivity index (χ1) is 18.7. The summed E-state index contributed by atoms with van der Waals surface area (Å²) < 4.78 is 0. The zero-order valence-corrected chi connectivity index (χ0v) is 21.5. The summed E-state index contributed by atoms with van der Waals surface area (Å²) in [6, 6.07) is 25.6. The van der Waals surface area contributed by atoms with E-state index in [0.29, 0.717) is 16.8 Å². The van der Waals surface area contributed by atoms with Crippen LogP contribution in [0.5, 0.6) is 0 Å². The minimum absolute atomic E-state index is 0.0741. The topological polar surface area (TPSA) is 122 Å². The van der Waals surface area contributed by atoms with Gasteiger partial charge in [0.15, 0.2) is 0 Å². The Kier molecular flexibility index (Phi) is 8.30. The van der Waals surface area contributed by atoms with Crippen molar-refractivity contribution in [2.45, 2.75) is 25.4 Å². The van der Waals surface area contributed by atoms with E-state index in [4.69, 9.17) is 0 Å². The van der Waals surface area contributed by atoms with Crippen LogP contribution in [0.15, 0.2) is 97.1 Å². The number of nitro benzene ring substituents is 1. The van der Waals surface area contributed by atoms with Gasteiger partial charge in [-0.3, -0.25) is 24.5 Å². The number of nitrogens with zero attached hydrogens (tertiary/aromatic N) is 2. The molecule has 0 spiro atoms. The van der Waals surface area contributed by atoms with E-state index >= 15 is 0 Å². The van der Waals surface area contributed by atoms with Crippen LogP contribution >= 0.6 is 0 Å². The number of carbonyl (C=O) groups is 3. The van der Waals surface area contributed by atoms with E-state index in [9.17, 15) is 24.5 Å². The van der Waals surface area contributed by atoms with Gasteiger partial charge in [0.05, 0.1) is 4.92 Å². The first kappa shape index (κ1) is 27.0. The third-order valence-electron chi connectivity index (χ3n) is 6.57. The average Bonchev–Trinajstić information content (AvgIpc) is 2.96. The highest BCUT2D eigenvalue weighted by Gasteiger charge is 2.30. The summed E-state index contributed by atoms with van der Waals surface area (Å²) in [5.41, 5.74) is 1.55. The Bertz CT molecular complexity index is 1500. The third kappa shape index (κ3) is 6.45. The summed E-state index contributed by atoms with van der Waals surface area (Å²) in [4.78, 5) is 51.8.